The molecule has 1 saturated heterocycles. The average Bonchev–Trinajstić information content (AvgIpc) is 2.90. The molecule has 19 heavy (non-hydrogen) atoms. The number of hydrogen-bond acceptors (Lipinski definition) is 5. The molecule has 0 N–H and O–H groups in total. The maximum atomic E-state index is 10.8. The molecule has 6 nitrogen and oxygen atoms in total. The monoisotopic (exact) mass is 258 g/mol. The molecule has 1 aliphatic rings. The van der Waals surface area contributed by atoms with Gasteiger partial charge in [0, 0.05) is 30.6 Å². The Hall–Kier alpha value is -2.24. The quantitative estimate of drug-likeness (QED) is 0.611. The minimum Gasteiger partial charge on any atom is -0.356 e. The molecule has 0 saturated carbocycles. The smallest absolute Gasteiger partial charge is 0.271 e. The molecule has 1 aliphatic heterocycles. The van der Waals surface area contributed by atoms with Crippen LogP contribution in [0.3, 0.4) is 0 Å². The lowest BCUT2D eigenvalue weighted by atomic mass is 10.2. The number of non-ortho nitro benzene ring substituents is 1. The van der Waals surface area contributed by atoms with Gasteiger partial charge in [0.2, 0.25) is 0 Å². The van der Waals surface area contributed by atoms with Crippen molar-refractivity contribution in [1.29, 1.82) is 0 Å². The Morgan fingerprint density at radius 1 is 1.26 bits per heavy atom. The minimum atomic E-state index is -0.396. The second kappa shape index (κ2) is 4.46. The van der Waals surface area contributed by atoms with Gasteiger partial charge in [0.25, 0.3) is 5.69 Å². The van der Waals surface area contributed by atoms with E-state index in [-0.39, 0.29) is 5.69 Å². The summed E-state index contributed by atoms with van der Waals surface area (Å²) in [7, 11) is 0. The molecule has 1 aromatic heterocycles. The molecule has 6 heteroatoms. The number of nitro groups is 1. The summed E-state index contributed by atoms with van der Waals surface area (Å²) in [6.07, 6.45) is 2.33. The summed E-state index contributed by atoms with van der Waals surface area (Å²) in [4.78, 5) is 21.5. The van der Waals surface area contributed by atoms with Crippen molar-refractivity contribution in [1.82, 2.24) is 9.97 Å². The Balaban J connectivity index is 2.19. The number of aromatic nitrogens is 2. The lowest BCUT2D eigenvalue weighted by Gasteiger charge is -2.18. The number of nitro benzene ring substituents is 1. The van der Waals surface area contributed by atoms with Crippen molar-refractivity contribution in [3.05, 3.63) is 34.1 Å². The third-order valence-corrected chi connectivity index (χ3v) is 3.39. The van der Waals surface area contributed by atoms with Crippen molar-refractivity contribution in [3.8, 4) is 0 Å². The lowest BCUT2D eigenvalue weighted by molar-refractivity contribution is -0.384. The van der Waals surface area contributed by atoms with Gasteiger partial charge in [-0.1, -0.05) is 0 Å². The van der Waals surface area contributed by atoms with Gasteiger partial charge in [-0.15, -0.1) is 0 Å². The van der Waals surface area contributed by atoms with Gasteiger partial charge in [-0.3, -0.25) is 10.1 Å². The summed E-state index contributed by atoms with van der Waals surface area (Å²) in [5.74, 6) is 1.55. The summed E-state index contributed by atoms with van der Waals surface area (Å²) >= 11 is 0. The van der Waals surface area contributed by atoms with Crippen LogP contribution in [0.1, 0.15) is 18.7 Å². The SMILES string of the molecule is Cc1nc(N2CCCC2)c2ccc([N+](=O)[O-])cc2n1. The van der Waals surface area contributed by atoms with E-state index in [1.165, 1.54) is 12.1 Å². The lowest BCUT2D eigenvalue weighted by Crippen LogP contribution is -2.20. The van der Waals surface area contributed by atoms with Gasteiger partial charge in [0.05, 0.1) is 10.4 Å². The van der Waals surface area contributed by atoms with E-state index >= 15 is 0 Å². The van der Waals surface area contributed by atoms with Crippen LogP contribution in [0.4, 0.5) is 11.5 Å². The fourth-order valence-corrected chi connectivity index (χ4v) is 2.50. The van der Waals surface area contributed by atoms with Crippen molar-refractivity contribution < 1.29 is 4.92 Å². The largest absolute Gasteiger partial charge is 0.356 e. The normalized spacial score (nSPS) is 15.1. The van der Waals surface area contributed by atoms with Gasteiger partial charge in [0.15, 0.2) is 0 Å². The summed E-state index contributed by atoms with van der Waals surface area (Å²) in [5, 5.41) is 11.7. The van der Waals surface area contributed by atoms with Crippen molar-refractivity contribution in [3.63, 3.8) is 0 Å². The van der Waals surface area contributed by atoms with Crippen LogP contribution in [0.2, 0.25) is 0 Å². The van der Waals surface area contributed by atoms with Crippen LogP contribution >= 0.6 is 0 Å². The van der Waals surface area contributed by atoms with E-state index in [0.717, 1.165) is 37.1 Å². The first-order chi connectivity index (χ1) is 9.15. The molecule has 3 rings (SSSR count). The van der Waals surface area contributed by atoms with Crippen molar-refractivity contribution in [2.45, 2.75) is 19.8 Å². The van der Waals surface area contributed by atoms with Gasteiger partial charge in [-0.25, -0.2) is 9.97 Å². The number of rotatable bonds is 2. The molecule has 0 amide bonds. The van der Waals surface area contributed by atoms with E-state index in [2.05, 4.69) is 14.9 Å². The summed E-state index contributed by atoms with van der Waals surface area (Å²) in [5.41, 5.74) is 0.710. The van der Waals surface area contributed by atoms with Crippen LogP contribution in [-0.4, -0.2) is 28.0 Å². The Bertz CT molecular complexity index is 650. The van der Waals surface area contributed by atoms with E-state index in [4.69, 9.17) is 0 Å². The molecule has 0 spiro atoms. The van der Waals surface area contributed by atoms with Crippen LogP contribution in [0.25, 0.3) is 10.9 Å². The van der Waals surface area contributed by atoms with Crippen LogP contribution in [0.15, 0.2) is 18.2 Å². The summed E-state index contributed by atoms with van der Waals surface area (Å²) in [6.45, 7) is 3.79. The zero-order valence-electron chi connectivity index (χ0n) is 10.7. The molecule has 1 aromatic carbocycles. The van der Waals surface area contributed by atoms with Gasteiger partial charge in [0.1, 0.15) is 11.6 Å². The number of nitrogens with zero attached hydrogens (tertiary/aromatic N) is 4. The Morgan fingerprint density at radius 3 is 2.68 bits per heavy atom. The fourth-order valence-electron chi connectivity index (χ4n) is 2.50. The van der Waals surface area contributed by atoms with E-state index in [1.807, 2.05) is 6.92 Å². The first-order valence-corrected chi connectivity index (χ1v) is 6.33. The Kier molecular flexibility index (Phi) is 2.77. The highest BCUT2D eigenvalue weighted by Gasteiger charge is 2.18. The average molecular weight is 258 g/mol. The summed E-state index contributed by atoms with van der Waals surface area (Å²) in [6, 6.07) is 4.78. The first kappa shape index (κ1) is 11.8. The van der Waals surface area contributed by atoms with Crippen molar-refractivity contribution in [2.24, 2.45) is 0 Å². The van der Waals surface area contributed by atoms with E-state index < -0.39 is 4.92 Å². The zero-order valence-corrected chi connectivity index (χ0v) is 10.7. The molecule has 0 radical (unpaired) electrons. The fraction of sp³-hybridized carbons (Fsp3) is 0.385. The molecular formula is C13H14N4O2. The van der Waals surface area contributed by atoms with Crippen LogP contribution in [-0.2, 0) is 0 Å². The van der Waals surface area contributed by atoms with Gasteiger partial charge >= 0.3 is 0 Å². The second-order valence-electron chi connectivity index (χ2n) is 4.75. The number of benzene rings is 1. The van der Waals surface area contributed by atoms with Crippen LogP contribution < -0.4 is 4.90 Å². The number of hydrogen-bond donors (Lipinski definition) is 0. The van der Waals surface area contributed by atoms with Crippen molar-refractivity contribution in [2.75, 3.05) is 18.0 Å². The molecule has 98 valence electrons. The van der Waals surface area contributed by atoms with Gasteiger partial charge < -0.3 is 4.90 Å². The Labute approximate surface area is 110 Å². The predicted molar refractivity (Wildman–Crippen MR) is 72.4 cm³/mol. The van der Waals surface area contributed by atoms with E-state index in [0.29, 0.717) is 11.3 Å². The van der Waals surface area contributed by atoms with Crippen LogP contribution in [0, 0.1) is 17.0 Å². The Morgan fingerprint density at radius 2 is 2.00 bits per heavy atom. The molecule has 2 aromatic rings. The number of aryl methyl sites for hydroxylation is 1. The standard InChI is InChI=1S/C13H14N4O2/c1-9-14-12-8-10(17(18)19)4-5-11(12)13(15-9)16-6-2-3-7-16/h4-5,8H,2-3,6-7H2,1H3. The predicted octanol–water partition coefficient (Wildman–Crippen LogP) is 2.45. The van der Waals surface area contributed by atoms with E-state index in [9.17, 15) is 10.1 Å². The first-order valence-electron chi connectivity index (χ1n) is 6.33. The molecule has 0 aliphatic carbocycles. The highest BCUT2D eigenvalue weighted by atomic mass is 16.6. The zero-order chi connectivity index (χ0) is 13.4. The molecule has 0 bridgehead atoms. The van der Waals surface area contributed by atoms with Crippen molar-refractivity contribution >= 4 is 22.4 Å². The molecular weight excluding hydrogens is 244 g/mol. The minimum absolute atomic E-state index is 0.0676. The second-order valence-corrected chi connectivity index (χ2v) is 4.75. The maximum Gasteiger partial charge on any atom is 0.271 e. The molecule has 0 atom stereocenters. The third-order valence-electron chi connectivity index (χ3n) is 3.39. The van der Waals surface area contributed by atoms with Gasteiger partial charge in [-0.05, 0) is 25.8 Å². The molecule has 1 fully saturated rings. The maximum absolute atomic E-state index is 10.8. The number of anilines is 1. The van der Waals surface area contributed by atoms with Gasteiger partial charge in [-0.2, -0.15) is 0 Å². The molecule has 2 heterocycles. The van der Waals surface area contributed by atoms with E-state index in [1.54, 1.807) is 6.07 Å². The molecule has 0 unspecified atom stereocenters. The highest BCUT2D eigenvalue weighted by Crippen LogP contribution is 2.29. The van der Waals surface area contributed by atoms with Crippen LogP contribution in [0.5, 0.6) is 0 Å². The highest BCUT2D eigenvalue weighted by molar-refractivity contribution is 5.91. The number of fused-ring (bicyclic) bond motifs is 1. The third kappa shape index (κ3) is 2.09. The topological polar surface area (TPSA) is 72.2 Å². The summed E-state index contributed by atoms with van der Waals surface area (Å²) < 4.78 is 0.